The summed E-state index contributed by atoms with van der Waals surface area (Å²) in [6, 6.07) is -0.231. The summed E-state index contributed by atoms with van der Waals surface area (Å²) in [6.45, 7) is 10.6. The Morgan fingerprint density at radius 2 is 2.07 bits per heavy atom. The van der Waals surface area contributed by atoms with Gasteiger partial charge in [0.25, 0.3) is 5.91 Å². The first kappa shape index (κ1) is 21.5. The Morgan fingerprint density at radius 1 is 1.37 bits per heavy atom. The summed E-state index contributed by atoms with van der Waals surface area (Å²) in [5.74, 6) is -0.154. The molecule has 9 heteroatoms. The number of piperidine rings is 1. The van der Waals surface area contributed by atoms with E-state index in [2.05, 4.69) is 15.3 Å². The highest BCUT2D eigenvalue weighted by Crippen LogP contribution is 2.19. The van der Waals surface area contributed by atoms with E-state index >= 15 is 0 Å². The minimum absolute atomic E-state index is 0.182. The van der Waals surface area contributed by atoms with Crippen molar-refractivity contribution in [2.75, 3.05) is 19.7 Å². The lowest BCUT2D eigenvalue weighted by Crippen LogP contribution is -2.57. The molecular formula is C18H29ClN4O4. The maximum Gasteiger partial charge on any atom is 0.410 e. The fraction of sp³-hybridized carbons (Fsp3) is 0.722. The maximum atomic E-state index is 12.5. The number of nitrogens with one attached hydrogen (secondary N) is 2. The molecule has 0 saturated carbocycles. The van der Waals surface area contributed by atoms with Crippen LogP contribution in [0.25, 0.3) is 0 Å². The molecule has 0 spiro atoms. The van der Waals surface area contributed by atoms with Crippen LogP contribution < -0.4 is 5.32 Å². The van der Waals surface area contributed by atoms with Gasteiger partial charge in [-0.05, 0) is 40.5 Å². The van der Waals surface area contributed by atoms with Crippen molar-refractivity contribution in [3.63, 3.8) is 0 Å². The smallest absolute Gasteiger partial charge is 0.410 e. The summed E-state index contributed by atoms with van der Waals surface area (Å²) in [4.78, 5) is 33.5. The highest BCUT2D eigenvalue weighted by atomic mass is 35.5. The van der Waals surface area contributed by atoms with Gasteiger partial charge < -0.3 is 24.7 Å². The topological polar surface area (TPSA) is 96.6 Å². The van der Waals surface area contributed by atoms with Crippen LogP contribution in [0.3, 0.4) is 0 Å². The molecule has 1 aliphatic rings. The number of carbonyl (C=O) groups excluding carboxylic acids is 2. The molecule has 2 rings (SSSR count). The molecule has 1 aromatic rings. The number of hydrogen-bond acceptors (Lipinski definition) is 5. The molecule has 0 radical (unpaired) electrons. The molecule has 27 heavy (non-hydrogen) atoms. The molecule has 8 nitrogen and oxygen atoms in total. The van der Waals surface area contributed by atoms with Gasteiger partial charge in [0, 0.05) is 13.2 Å². The number of likely N-dealkylation sites (tertiary alicyclic amines) is 1. The molecule has 2 heterocycles. The first-order valence-corrected chi connectivity index (χ1v) is 9.67. The number of amides is 2. The number of halogens is 1. The Morgan fingerprint density at radius 3 is 2.63 bits per heavy atom. The maximum absolute atomic E-state index is 12.5. The van der Waals surface area contributed by atoms with Crippen LogP contribution in [0.4, 0.5) is 4.79 Å². The van der Waals surface area contributed by atoms with Crippen LogP contribution in [0.15, 0.2) is 0 Å². The van der Waals surface area contributed by atoms with E-state index in [1.54, 1.807) is 4.90 Å². The van der Waals surface area contributed by atoms with E-state index < -0.39 is 5.60 Å². The minimum Gasteiger partial charge on any atom is -0.444 e. The van der Waals surface area contributed by atoms with E-state index in [9.17, 15) is 9.59 Å². The van der Waals surface area contributed by atoms with Crippen LogP contribution in [0.2, 0.25) is 5.15 Å². The number of aryl methyl sites for hydroxylation is 1. The van der Waals surface area contributed by atoms with Gasteiger partial charge in [-0.25, -0.2) is 9.78 Å². The van der Waals surface area contributed by atoms with Crippen molar-refractivity contribution in [1.82, 2.24) is 20.2 Å². The zero-order valence-electron chi connectivity index (χ0n) is 16.6. The van der Waals surface area contributed by atoms with E-state index in [0.717, 1.165) is 5.69 Å². The lowest BCUT2D eigenvalue weighted by Gasteiger charge is -2.38. The van der Waals surface area contributed by atoms with Crippen molar-refractivity contribution < 1.29 is 19.1 Å². The molecule has 1 aliphatic heterocycles. The molecule has 0 aliphatic carbocycles. The molecule has 1 fully saturated rings. The molecule has 2 N–H and O–H groups in total. The lowest BCUT2D eigenvalue weighted by atomic mass is 10.0. The Labute approximate surface area is 164 Å². The van der Waals surface area contributed by atoms with Crippen LogP contribution in [0.1, 0.15) is 57.4 Å². The number of H-pyrrole nitrogens is 1. The van der Waals surface area contributed by atoms with Gasteiger partial charge in [0.2, 0.25) is 0 Å². The molecule has 2 amide bonds. The van der Waals surface area contributed by atoms with Gasteiger partial charge in [0.05, 0.1) is 24.4 Å². The Kier molecular flexibility index (Phi) is 7.11. The summed E-state index contributed by atoms with van der Waals surface area (Å²) < 4.78 is 11.2. The zero-order valence-corrected chi connectivity index (χ0v) is 17.4. The van der Waals surface area contributed by atoms with Crippen LogP contribution in [0, 0.1) is 0 Å². The SMILES string of the molecule is CCO[C@@H]1CN(C(=O)OC(C)(C)C)CC[C@@H]1NC(=O)c1nc(Cl)c(CC)[nH]1. The Bertz CT molecular complexity index is 671. The second kappa shape index (κ2) is 8.93. The number of aromatic amines is 1. The average molecular weight is 401 g/mol. The highest BCUT2D eigenvalue weighted by Gasteiger charge is 2.35. The number of nitrogens with zero attached hydrogens (tertiary/aromatic N) is 2. The number of hydrogen-bond donors (Lipinski definition) is 2. The summed E-state index contributed by atoms with van der Waals surface area (Å²) in [5.41, 5.74) is 0.168. The van der Waals surface area contributed by atoms with Crippen molar-refractivity contribution in [2.45, 2.75) is 65.2 Å². The fourth-order valence-electron chi connectivity index (χ4n) is 2.92. The summed E-state index contributed by atoms with van der Waals surface area (Å²) in [5, 5.41) is 3.26. The highest BCUT2D eigenvalue weighted by molar-refractivity contribution is 6.30. The van der Waals surface area contributed by atoms with Crippen LogP contribution in [-0.2, 0) is 15.9 Å². The second-order valence-electron chi connectivity index (χ2n) is 7.50. The van der Waals surface area contributed by atoms with E-state index in [0.29, 0.717) is 37.7 Å². The monoisotopic (exact) mass is 400 g/mol. The van der Waals surface area contributed by atoms with Crippen molar-refractivity contribution in [1.29, 1.82) is 0 Å². The third-order valence-corrected chi connectivity index (χ3v) is 4.52. The number of carbonyl (C=O) groups is 2. The summed E-state index contributed by atoms with van der Waals surface area (Å²) >= 11 is 6.01. The van der Waals surface area contributed by atoms with Gasteiger partial charge in [0.15, 0.2) is 11.0 Å². The van der Waals surface area contributed by atoms with Gasteiger partial charge in [-0.15, -0.1) is 0 Å². The minimum atomic E-state index is -0.557. The van der Waals surface area contributed by atoms with Gasteiger partial charge >= 0.3 is 6.09 Å². The molecule has 1 saturated heterocycles. The standard InChI is InChI=1S/C18H29ClN4O4/c1-6-11-14(19)22-15(20-11)16(24)21-12-8-9-23(10-13(12)26-7-2)17(25)27-18(3,4)5/h12-13H,6-10H2,1-5H3,(H,20,22)(H,21,24)/t12-,13+/m0/s1. The largest absolute Gasteiger partial charge is 0.444 e. The molecule has 152 valence electrons. The van der Waals surface area contributed by atoms with Crippen LogP contribution in [-0.4, -0.2) is 64.3 Å². The lowest BCUT2D eigenvalue weighted by molar-refractivity contribution is -0.0298. The van der Waals surface area contributed by atoms with E-state index in [1.807, 2.05) is 34.6 Å². The zero-order chi connectivity index (χ0) is 20.2. The van der Waals surface area contributed by atoms with E-state index in [4.69, 9.17) is 21.1 Å². The predicted octanol–water partition coefficient (Wildman–Crippen LogP) is 2.77. The van der Waals surface area contributed by atoms with Gasteiger partial charge in [0.1, 0.15) is 5.60 Å². The van der Waals surface area contributed by atoms with Gasteiger partial charge in [-0.1, -0.05) is 18.5 Å². The predicted molar refractivity (Wildman–Crippen MR) is 102 cm³/mol. The first-order valence-electron chi connectivity index (χ1n) is 9.29. The van der Waals surface area contributed by atoms with Crippen molar-refractivity contribution in [3.05, 3.63) is 16.7 Å². The van der Waals surface area contributed by atoms with Gasteiger partial charge in [-0.3, -0.25) is 4.79 Å². The number of rotatable bonds is 5. The van der Waals surface area contributed by atoms with Crippen LogP contribution in [0.5, 0.6) is 0 Å². The third kappa shape index (κ3) is 5.84. The first-order chi connectivity index (χ1) is 12.6. The second-order valence-corrected chi connectivity index (χ2v) is 7.86. The molecule has 0 aromatic carbocycles. The van der Waals surface area contributed by atoms with E-state index in [-0.39, 0.29) is 30.0 Å². The molecule has 0 unspecified atom stereocenters. The van der Waals surface area contributed by atoms with E-state index in [1.165, 1.54) is 0 Å². The normalized spacial score (nSPS) is 20.4. The average Bonchev–Trinajstić information content (AvgIpc) is 2.96. The number of aromatic nitrogens is 2. The number of imidazole rings is 1. The molecule has 0 bridgehead atoms. The molecular weight excluding hydrogens is 372 g/mol. The summed E-state index contributed by atoms with van der Waals surface area (Å²) in [7, 11) is 0. The van der Waals surface area contributed by atoms with Crippen molar-refractivity contribution in [3.8, 4) is 0 Å². The Balaban J connectivity index is 2.02. The number of ether oxygens (including phenoxy) is 2. The van der Waals surface area contributed by atoms with Crippen molar-refractivity contribution in [2.24, 2.45) is 0 Å². The van der Waals surface area contributed by atoms with Crippen LogP contribution >= 0.6 is 11.6 Å². The fourth-order valence-corrected chi connectivity index (χ4v) is 3.19. The quantitative estimate of drug-likeness (QED) is 0.792. The molecule has 2 atom stereocenters. The molecule has 1 aromatic heterocycles. The Hall–Kier alpha value is -1.80. The van der Waals surface area contributed by atoms with Crippen molar-refractivity contribution >= 4 is 23.6 Å². The summed E-state index contributed by atoms with van der Waals surface area (Å²) in [6.07, 6.45) is 0.526. The third-order valence-electron chi connectivity index (χ3n) is 4.20. The van der Waals surface area contributed by atoms with Gasteiger partial charge in [-0.2, -0.15) is 0 Å².